The number of aromatic amines is 1. The van der Waals surface area contributed by atoms with E-state index in [1.54, 1.807) is 12.1 Å². The molecule has 3 aromatic rings. The maximum Gasteiger partial charge on any atom is 0.416 e. The molecule has 0 bridgehead atoms. The first-order valence-corrected chi connectivity index (χ1v) is 8.21. The molecule has 3 rings (SSSR count). The molecule has 128 valence electrons. The third-order valence-corrected chi connectivity index (χ3v) is 4.51. The zero-order valence-corrected chi connectivity index (χ0v) is 14.7. The van der Waals surface area contributed by atoms with Gasteiger partial charge in [-0.25, -0.2) is 5.10 Å². The van der Waals surface area contributed by atoms with E-state index in [0.717, 1.165) is 12.1 Å². The molecule has 0 spiro atoms. The molecule has 0 fully saturated rings. The number of rotatable bonds is 3. The van der Waals surface area contributed by atoms with Gasteiger partial charge in [0, 0.05) is 17.4 Å². The minimum Gasteiger partial charge on any atom is -0.294 e. The van der Waals surface area contributed by atoms with Gasteiger partial charge in [-0.1, -0.05) is 30.3 Å². The molecule has 0 unspecified atom stereocenters. The van der Waals surface area contributed by atoms with E-state index in [9.17, 15) is 22.8 Å². The monoisotopic (exact) mass is 458 g/mol. The molecule has 1 N–H and O–H groups in total. The first kappa shape index (κ1) is 17.6. The standard InChI is InChI=1S/C17H10F3IN2O2/c18-17(19,20)11-3-1-2-9(6-11)7-14(24)10-4-5-12-13(8-10)16(25)23-22-15(12)21/h1-6,8H,7H2,(H,23,25). The average molecular weight is 458 g/mol. The Bertz CT molecular complexity index is 1030. The van der Waals surface area contributed by atoms with Gasteiger partial charge in [0.15, 0.2) is 5.78 Å². The summed E-state index contributed by atoms with van der Waals surface area (Å²) >= 11 is 1.96. The van der Waals surface area contributed by atoms with Gasteiger partial charge in [-0.05, 0) is 40.3 Å². The van der Waals surface area contributed by atoms with Crippen LogP contribution in [0.25, 0.3) is 10.8 Å². The molecule has 4 nitrogen and oxygen atoms in total. The fourth-order valence-corrected chi connectivity index (χ4v) is 3.04. The summed E-state index contributed by atoms with van der Waals surface area (Å²) in [5.41, 5.74) is -0.701. The molecule has 0 saturated carbocycles. The maximum atomic E-state index is 12.8. The van der Waals surface area contributed by atoms with Crippen LogP contribution in [0.3, 0.4) is 0 Å². The van der Waals surface area contributed by atoms with Crippen LogP contribution in [-0.2, 0) is 12.6 Å². The van der Waals surface area contributed by atoms with E-state index in [1.165, 1.54) is 18.2 Å². The molecule has 0 aliphatic carbocycles. The van der Waals surface area contributed by atoms with Crippen LogP contribution in [0.5, 0.6) is 0 Å². The van der Waals surface area contributed by atoms with Crippen LogP contribution in [0.2, 0.25) is 0 Å². The predicted octanol–water partition coefficient (Wildman–Crippen LogP) is 3.97. The molecule has 0 radical (unpaired) electrons. The Morgan fingerprint density at radius 3 is 2.60 bits per heavy atom. The maximum absolute atomic E-state index is 12.8. The van der Waals surface area contributed by atoms with E-state index in [-0.39, 0.29) is 23.3 Å². The number of nitrogens with one attached hydrogen (secondary N) is 1. The summed E-state index contributed by atoms with van der Waals surface area (Å²) in [6.07, 6.45) is -4.64. The number of halogens is 4. The number of fused-ring (bicyclic) bond motifs is 1. The largest absolute Gasteiger partial charge is 0.416 e. The van der Waals surface area contributed by atoms with Crippen molar-refractivity contribution in [2.75, 3.05) is 0 Å². The summed E-state index contributed by atoms with van der Waals surface area (Å²) in [6, 6.07) is 9.24. The molecule has 0 atom stereocenters. The van der Waals surface area contributed by atoms with Gasteiger partial charge in [0.25, 0.3) is 5.56 Å². The molecule has 1 heterocycles. The number of hydrogen-bond donors (Lipinski definition) is 1. The molecule has 0 aliphatic rings. The van der Waals surface area contributed by atoms with Gasteiger partial charge in [-0.2, -0.15) is 18.3 Å². The number of nitrogens with zero attached hydrogens (tertiary/aromatic N) is 1. The third-order valence-electron chi connectivity index (χ3n) is 3.68. The van der Waals surface area contributed by atoms with Crippen LogP contribution in [0.1, 0.15) is 21.5 Å². The number of alkyl halides is 3. The molecular formula is C17H10F3IN2O2. The number of Topliss-reactive ketones (excluding diaryl/α,β-unsaturated/α-hetero) is 1. The number of carbonyl (C=O) groups excluding carboxylic acids is 1. The van der Waals surface area contributed by atoms with Gasteiger partial charge >= 0.3 is 6.18 Å². The Morgan fingerprint density at radius 2 is 1.88 bits per heavy atom. The van der Waals surface area contributed by atoms with Gasteiger partial charge in [-0.3, -0.25) is 9.59 Å². The molecular weight excluding hydrogens is 448 g/mol. The van der Waals surface area contributed by atoms with Crippen molar-refractivity contribution in [2.24, 2.45) is 0 Å². The minimum atomic E-state index is -4.46. The highest BCUT2D eigenvalue weighted by Crippen LogP contribution is 2.29. The lowest BCUT2D eigenvalue weighted by molar-refractivity contribution is -0.137. The molecule has 25 heavy (non-hydrogen) atoms. The SMILES string of the molecule is O=C(Cc1cccc(C(F)(F)F)c1)c1ccc2c(I)n[nH]c(=O)c2c1. The Hall–Kier alpha value is -2.23. The highest BCUT2D eigenvalue weighted by atomic mass is 127. The highest BCUT2D eigenvalue weighted by Gasteiger charge is 2.30. The second-order valence-corrected chi connectivity index (χ2v) is 6.42. The number of ketones is 1. The Balaban J connectivity index is 1.93. The van der Waals surface area contributed by atoms with Gasteiger partial charge in [-0.15, -0.1) is 0 Å². The second-order valence-electron chi connectivity index (χ2n) is 5.40. The van der Waals surface area contributed by atoms with Crippen LogP contribution >= 0.6 is 22.6 Å². The molecule has 8 heteroatoms. The Morgan fingerprint density at radius 1 is 1.12 bits per heavy atom. The third kappa shape index (κ3) is 3.73. The lowest BCUT2D eigenvalue weighted by atomic mass is 10.00. The second kappa shape index (κ2) is 6.58. The summed E-state index contributed by atoms with van der Waals surface area (Å²) in [5, 5.41) is 7.10. The summed E-state index contributed by atoms with van der Waals surface area (Å²) in [5.74, 6) is -0.368. The smallest absolute Gasteiger partial charge is 0.294 e. The molecule has 0 aliphatic heterocycles. The van der Waals surface area contributed by atoms with Crippen molar-refractivity contribution in [3.8, 4) is 0 Å². The van der Waals surface area contributed by atoms with Crippen LogP contribution in [-0.4, -0.2) is 16.0 Å². The van der Waals surface area contributed by atoms with Gasteiger partial charge < -0.3 is 0 Å². The van der Waals surface area contributed by atoms with Crippen molar-refractivity contribution in [3.05, 3.63) is 73.2 Å². The molecule has 0 saturated heterocycles. The van der Waals surface area contributed by atoms with Crippen molar-refractivity contribution in [1.29, 1.82) is 0 Å². The van der Waals surface area contributed by atoms with E-state index in [0.29, 0.717) is 14.5 Å². The fourth-order valence-electron chi connectivity index (χ4n) is 2.45. The van der Waals surface area contributed by atoms with E-state index >= 15 is 0 Å². The quantitative estimate of drug-likeness (QED) is 0.478. The van der Waals surface area contributed by atoms with Crippen molar-refractivity contribution in [2.45, 2.75) is 12.6 Å². The van der Waals surface area contributed by atoms with Crippen molar-refractivity contribution >= 4 is 39.1 Å². The summed E-state index contributed by atoms with van der Waals surface area (Å²) < 4.78 is 38.9. The van der Waals surface area contributed by atoms with Crippen molar-refractivity contribution in [3.63, 3.8) is 0 Å². The van der Waals surface area contributed by atoms with Gasteiger partial charge in [0.2, 0.25) is 0 Å². The Kier molecular flexibility index (Phi) is 4.63. The predicted molar refractivity (Wildman–Crippen MR) is 94.6 cm³/mol. The number of carbonyl (C=O) groups is 1. The normalized spacial score (nSPS) is 11.7. The van der Waals surface area contributed by atoms with Crippen LogP contribution < -0.4 is 5.56 Å². The number of benzene rings is 2. The number of hydrogen-bond acceptors (Lipinski definition) is 3. The summed E-state index contributed by atoms with van der Waals surface area (Å²) in [6.45, 7) is 0. The van der Waals surface area contributed by atoms with Crippen LogP contribution in [0.4, 0.5) is 13.2 Å². The molecule has 1 aromatic heterocycles. The van der Waals surface area contributed by atoms with E-state index < -0.39 is 17.3 Å². The molecule has 2 aromatic carbocycles. The minimum absolute atomic E-state index is 0.185. The van der Waals surface area contributed by atoms with Crippen LogP contribution in [0.15, 0.2) is 47.3 Å². The zero-order chi connectivity index (χ0) is 18.2. The van der Waals surface area contributed by atoms with Crippen LogP contribution in [0, 0.1) is 3.70 Å². The van der Waals surface area contributed by atoms with E-state index in [4.69, 9.17) is 0 Å². The van der Waals surface area contributed by atoms with Crippen molar-refractivity contribution in [1.82, 2.24) is 10.2 Å². The average Bonchev–Trinajstić information content (AvgIpc) is 2.57. The van der Waals surface area contributed by atoms with E-state index in [2.05, 4.69) is 10.2 Å². The lowest BCUT2D eigenvalue weighted by Gasteiger charge is -2.09. The van der Waals surface area contributed by atoms with E-state index in [1.807, 2.05) is 22.6 Å². The highest BCUT2D eigenvalue weighted by molar-refractivity contribution is 14.1. The van der Waals surface area contributed by atoms with Gasteiger partial charge in [0.1, 0.15) is 3.70 Å². The Labute approximate surface area is 153 Å². The number of aromatic nitrogens is 2. The summed E-state index contributed by atoms with van der Waals surface area (Å²) in [4.78, 5) is 24.3. The van der Waals surface area contributed by atoms with Crippen molar-refractivity contribution < 1.29 is 18.0 Å². The molecule has 0 amide bonds. The summed E-state index contributed by atoms with van der Waals surface area (Å²) in [7, 11) is 0. The fraction of sp³-hybridized carbons (Fsp3) is 0.118. The lowest BCUT2D eigenvalue weighted by Crippen LogP contribution is -2.12. The topological polar surface area (TPSA) is 62.8 Å². The first-order valence-electron chi connectivity index (χ1n) is 7.13. The first-order chi connectivity index (χ1) is 11.8. The van der Waals surface area contributed by atoms with Gasteiger partial charge in [0.05, 0.1) is 10.9 Å². The number of H-pyrrole nitrogens is 1. The zero-order valence-electron chi connectivity index (χ0n) is 12.5.